The van der Waals surface area contributed by atoms with Crippen LogP contribution in [-0.2, 0) is 23.1 Å². The molecule has 0 aromatic carbocycles. The van der Waals surface area contributed by atoms with E-state index in [2.05, 4.69) is 35.5 Å². The quantitative estimate of drug-likeness (QED) is 0.853. The summed E-state index contributed by atoms with van der Waals surface area (Å²) < 4.78 is 14.5. The monoisotopic (exact) mass is 283 g/mol. The lowest BCUT2D eigenvalue weighted by Gasteiger charge is -2.33. The SMILES string of the molecule is CCn1c(C)nnc1CS(=O)C1CCC(C)(C)CC1. The summed E-state index contributed by atoms with van der Waals surface area (Å²) in [5.41, 5.74) is 0.431. The second kappa shape index (κ2) is 5.73. The van der Waals surface area contributed by atoms with Gasteiger partial charge in [0.25, 0.3) is 0 Å². The van der Waals surface area contributed by atoms with Gasteiger partial charge in [0.1, 0.15) is 11.6 Å². The summed E-state index contributed by atoms with van der Waals surface area (Å²) in [7, 11) is -0.813. The zero-order valence-electron chi connectivity index (χ0n) is 12.5. The smallest absolute Gasteiger partial charge is 0.145 e. The molecule has 1 saturated carbocycles. The Morgan fingerprint density at radius 2 is 1.95 bits per heavy atom. The van der Waals surface area contributed by atoms with Crippen LogP contribution in [0.25, 0.3) is 0 Å². The van der Waals surface area contributed by atoms with Crippen LogP contribution in [0.1, 0.15) is 58.1 Å². The van der Waals surface area contributed by atoms with Crippen molar-refractivity contribution in [1.82, 2.24) is 14.8 Å². The molecule has 0 radical (unpaired) electrons. The van der Waals surface area contributed by atoms with Crippen LogP contribution in [0.5, 0.6) is 0 Å². The minimum Gasteiger partial charge on any atom is -0.315 e. The van der Waals surface area contributed by atoms with Gasteiger partial charge in [-0.15, -0.1) is 10.2 Å². The Bertz CT molecular complexity index is 457. The number of hydrogen-bond acceptors (Lipinski definition) is 3. The molecule has 1 aromatic rings. The largest absolute Gasteiger partial charge is 0.315 e. The van der Waals surface area contributed by atoms with E-state index in [1.165, 1.54) is 12.8 Å². The standard InChI is InChI=1S/C14H25N3OS/c1-5-17-11(2)15-16-13(17)10-19(18)12-6-8-14(3,4)9-7-12/h12H,5-10H2,1-4H3. The summed E-state index contributed by atoms with van der Waals surface area (Å²) in [5, 5.41) is 8.60. The van der Waals surface area contributed by atoms with Crippen molar-refractivity contribution in [2.75, 3.05) is 0 Å². The Morgan fingerprint density at radius 3 is 2.53 bits per heavy atom. The summed E-state index contributed by atoms with van der Waals surface area (Å²) in [6.07, 6.45) is 4.53. The molecule has 0 saturated heterocycles. The highest BCUT2D eigenvalue weighted by molar-refractivity contribution is 7.84. The Hall–Kier alpha value is -0.710. The maximum Gasteiger partial charge on any atom is 0.145 e. The fourth-order valence-corrected chi connectivity index (χ4v) is 4.29. The minimum absolute atomic E-state index is 0.343. The average Bonchev–Trinajstić information content (AvgIpc) is 2.69. The van der Waals surface area contributed by atoms with Gasteiger partial charge in [-0.3, -0.25) is 4.21 Å². The van der Waals surface area contributed by atoms with Gasteiger partial charge in [0.15, 0.2) is 0 Å². The molecule has 4 nitrogen and oxygen atoms in total. The number of nitrogens with zero attached hydrogens (tertiary/aromatic N) is 3. The van der Waals surface area contributed by atoms with Gasteiger partial charge >= 0.3 is 0 Å². The molecule has 0 N–H and O–H groups in total. The molecule has 1 fully saturated rings. The van der Waals surface area contributed by atoms with Gasteiger partial charge in [-0.25, -0.2) is 0 Å². The number of aromatic nitrogens is 3. The Labute approximate surface area is 118 Å². The molecule has 1 aliphatic carbocycles. The zero-order valence-corrected chi connectivity index (χ0v) is 13.3. The van der Waals surface area contributed by atoms with Gasteiger partial charge in [-0.1, -0.05) is 13.8 Å². The van der Waals surface area contributed by atoms with E-state index in [0.717, 1.165) is 31.0 Å². The normalized spacial score (nSPS) is 21.5. The van der Waals surface area contributed by atoms with Crippen molar-refractivity contribution in [1.29, 1.82) is 0 Å². The summed E-state index contributed by atoms with van der Waals surface area (Å²) >= 11 is 0. The number of aryl methyl sites for hydroxylation is 1. The van der Waals surface area contributed by atoms with E-state index in [4.69, 9.17) is 0 Å². The topological polar surface area (TPSA) is 47.8 Å². The molecule has 5 heteroatoms. The molecular weight excluding hydrogens is 258 g/mol. The molecule has 1 atom stereocenters. The first-order valence-corrected chi connectivity index (χ1v) is 8.57. The van der Waals surface area contributed by atoms with Crippen molar-refractivity contribution in [3.63, 3.8) is 0 Å². The third-order valence-corrected chi connectivity index (χ3v) is 6.02. The third kappa shape index (κ3) is 3.44. The average molecular weight is 283 g/mol. The third-order valence-electron chi connectivity index (χ3n) is 4.26. The molecule has 19 heavy (non-hydrogen) atoms. The maximum absolute atomic E-state index is 12.5. The van der Waals surface area contributed by atoms with Crippen LogP contribution in [0.2, 0.25) is 0 Å². The second-order valence-electron chi connectivity index (χ2n) is 6.30. The molecule has 1 aromatic heterocycles. The highest BCUT2D eigenvalue weighted by atomic mass is 32.2. The first-order chi connectivity index (χ1) is 8.93. The molecule has 1 heterocycles. The Morgan fingerprint density at radius 1 is 1.32 bits per heavy atom. The van der Waals surface area contributed by atoms with E-state index < -0.39 is 10.8 Å². The molecule has 0 amide bonds. The first kappa shape index (κ1) is 14.7. The lowest BCUT2D eigenvalue weighted by molar-refractivity contribution is 0.247. The van der Waals surface area contributed by atoms with Crippen molar-refractivity contribution >= 4 is 10.8 Å². The fourth-order valence-electron chi connectivity index (χ4n) is 2.82. The van der Waals surface area contributed by atoms with E-state index in [9.17, 15) is 4.21 Å². The van der Waals surface area contributed by atoms with E-state index in [0.29, 0.717) is 16.4 Å². The number of rotatable bonds is 4. The van der Waals surface area contributed by atoms with Gasteiger partial charge in [-0.05, 0) is 44.9 Å². The highest BCUT2D eigenvalue weighted by Crippen LogP contribution is 2.37. The summed E-state index contributed by atoms with van der Waals surface area (Å²) in [6, 6.07) is 0. The number of hydrogen-bond donors (Lipinski definition) is 0. The zero-order chi connectivity index (χ0) is 14.0. The van der Waals surface area contributed by atoms with E-state index >= 15 is 0 Å². The van der Waals surface area contributed by atoms with Crippen molar-refractivity contribution in [3.8, 4) is 0 Å². The molecule has 0 bridgehead atoms. The van der Waals surface area contributed by atoms with Crippen LogP contribution >= 0.6 is 0 Å². The van der Waals surface area contributed by atoms with Crippen LogP contribution in [0.3, 0.4) is 0 Å². The van der Waals surface area contributed by atoms with E-state index in [1.807, 2.05) is 6.92 Å². The van der Waals surface area contributed by atoms with E-state index in [1.54, 1.807) is 0 Å². The van der Waals surface area contributed by atoms with Gasteiger partial charge in [-0.2, -0.15) is 0 Å². The van der Waals surface area contributed by atoms with Gasteiger partial charge < -0.3 is 4.57 Å². The summed E-state index contributed by atoms with van der Waals surface area (Å²) in [6.45, 7) is 9.49. The van der Waals surface area contributed by atoms with Crippen LogP contribution in [0.4, 0.5) is 0 Å². The molecule has 1 unspecified atom stereocenters. The maximum atomic E-state index is 12.5. The lowest BCUT2D eigenvalue weighted by atomic mass is 9.77. The fraction of sp³-hybridized carbons (Fsp3) is 0.857. The van der Waals surface area contributed by atoms with Crippen LogP contribution in [0.15, 0.2) is 0 Å². The van der Waals surface area contributed by atoms with Crippen molar-refractivity contribution < 1.29 is 4.21 Å². The second-order valence-corrected chi connectivity index (χ2v) is 8.01. The molecule has 108 valence electrons. The van der Waals surface area contributed by atoms with Gasteiger partial charge in [0, 0.05) is 22.6 Å². The molecule has 0 aliphatic heterocycles. The van der Waals surface area contributed by atoms with Crippen LogP contribution in [-0.4, -0.2) is 24.2 Å². The van der Waals surface area contributed by atoms with Crippen molar-refractivity contribution in [2.45, 2.75) is 70.9 Å². The molecule has 1 aliphatic rings. The summed E-state index contributed by atoms with van der Waals surface area (Å²) in [5.74, 6) is 2.35. The molecule has 0 spiro atoms. The van der Waals surface area contributed by atoms with Gasteiger partial charge in [0.05, 0.1) is 5.75 Å². The van der Waals surface area contributed by atoms with Crippen molar-refractivity contribution in [3.05, 3.63) is 11.6 Å². The van der Waals surface area contributed by atoms with E-state index in [-0.39, 0.29) is 0 Å². The Balaban J connectivity index is 1.98. The highest BCUT2D eigenvalue weighted by Gasteiger charge is 2.30. The van der Waals surface area contributed by atoms with Crippen LogP contribution < -0.4 is 0 Å². The first-order valence-electron chi connectivity index (χ1n) is 7.19. The predicted octanol–water partition coefficient (Wildman–Crippen LogP) is 2.82. The minimum atomic E-state index is -0.813. The molecular formula is C14H25N3OS. The Kier molecular flexibility index (Phi) is 4.43. The lowest BCUT2D eigenvalue weighted by Crippen LogP contribution is -2.28. The van der Waals surface area contributed by atoms with Crippen LogP contribution in [0, 0.1) is 12.3 Å². The predicted molar refractivity (Wildman–Crippen MR) is 78.3 cm³/mol. The molecule has 2 rings (SSSR count). The van der Waals surface area contributed by atoms with Gasteiger partial charge in [0.2, 0.25) is 0 Å². The van der Waals surface area contributed by atoms with Crippen molar-refractivity contribution in [2.24, 2.45) is 5.41 Å². The summed E-state index contributed by atoms with van der Waals surface area (Å²) in [4.78, 5) is 0.